The van der Waals surface area contributed by atoms with Crippen LogP contribution in [0.15, 0.2) is 0 Å². The predicted octanol–water partition coefficient (Wildman–Crippen LogP) is 3.79. The van der Waals surface area contributed by atoms with E-state index in [1.807, 2.05) is 0 Å². The maximum absolute atomic E-state index is 5.85. The van der Waals surface area contributed by atoms with Crippen molar-refractivity contribution in [3.63, 3.8) is 0 Å². The minimum absolute atomic E-state index is 0.317. The minimum atomic E-state index is 0.317. The van der Waals surface area contributed by atoms with Gasteiger partial charge in [0.05, 0.1) is 6.61 Å². The lowest BCUT2D eigenvalue weighted by atomic mass is 9.82. The van der Waals surface area contributed by atoms with E-state index in [2.05, 4.69) is 33.4 Å². The summed E-state index contributed by atoms with van der Waals surface area (Å²) in [7, 11) is 0. The van der Waals surface area contributed by atoms with E-state index in [1.165, 1.54) is 25.7 Å². The summed E-state index contributed by atoms with van der Waals surface area (Å²) in [5.74, 6) is 2.33. The Kier molecular flexibility index (Phi) is 5.48. The van der Waals surface area contributed by atoms with Gasteiger partial charge in [-0.25, -0.2) is 0 Å². The number of thiol groups is 1. The zero-order valence-corrected chi connectivity index (χ0v) is 11.4. The fourth-order valence-electron chi connectivity index (χ4n) is 2.13. The molecule has 1 saturated carbocycles. The third kappa shape index (κ3) is 4.78. The molecule has 0 aliphatic heterocycles. The number of rotatable bonds is 5. The molecular weight excluding hydrogens is 204 g/mol. The van der Waals surface area contributed by atoms with Crippen LogP contribution in [-0.2, 0) is 4.74 Å². The lowest BCUT2D eigenvalue weighted by Crippen LogP contribution is -2.27. The van der Waals surface area contributed by atoms with Gasteiger partial charge >= 0.3 is 0 Å². The predicted molar refractivity (Wildman–Crippen MR) is 69.6 cm³/mol. The molecule has 1 atom stereocenters. The van der Waals surface area contributed by atoms with Crippen LogP contribution in [0.1, 0.15) is 46.5 Å². The second-order valence-electron chi connectivity index (χ2n) is 5.93. The maximum atomic E-state index is 5.85. The molecule has 2 heteroatoms. The van der Waals surface area contributed by atoms with Crippen molar-refractivity contribution in [3.05, 3.63) is 0 Å². The van der Waals surface area contributed by atoms with Crippen molar-refractivity contribution in [2.24, 2.45) is 17.3 Å². The summed E-state index contributed by atoms with van der Waals surface area (Å²) >= 11 is 4.41. The van der Waals surface area contributed by atoms with Crippen molar-refractivity contribution in [2.45, 2.75) is 46.5 Å². The molecule has 0 saturated heterocycles. The van der Waals surface area contributed by atoms with Gasteiger partial charge in [0.15, 0.2) is 0 Å². The van der Waals surface area contributed by atoms with E-state index >= 15 is 0 Å². The first-order valence-electron chi connectivity index (χ1n) is 6.22. The normalized spacial score (nSPS) is 20.8. The molecule has 0 N–H and O–H groups in total. The minimum Gasteiger partial charge on any atom is -0.381 e. The van der Waals surface area contributed by atoms with Gasteiger partial charge in [0, 0.05) is 6.61 Å². The van der Waals surface area contributed by atoms with Crippen LogP contribution in [0.25, 0.3) is 0 Å². The Hall–Kier alpha value is 0.310. The van der Waals surface area contributed by atoms with Gasteiger partial charge < -0.3 is 4.74 Å². The quantitative estimate of drug-likeness (QED) is 0.707. The summed E-state index contributed by atoms with van der Waals surface area (Å²) in [4.78, 5) is 0. The molecule has 0 heterocycles. The van der Waals surface area contributed by atoms with Crippen molar-refractivity contribution in [3.8, 4) is 0 Å². The van der Waals surface area contributed by atoms with Gasteiger partial charge in [-0.05, 0) is 35.8 Å². The Morgan fingerprint density at radius 3 is 2.33 bits per heavy atom. The Morgan fingerprint density at radius 2 is 1.87 bits per heavy atom. The van der Waals surface area contributed by atoms with Crippen LogP contribution in [0.3, 0.4) is 0 Å². The zero-order chi connectivity index (χ0) is 11.3. The Bertz CT molecular complexity index is 168. The first kappa shape index (κ1) is 13.4. The Morgan fingerprint density at radius 1 is 1.27 bits per heavy atom. The highest BCUT2D eigenvalue weighted by Gasteiger charge is 2.24. The maximum Gasteiger partial charge on any atom is 0.0507 e. The number of hydrogen-bond acceptors (Lipinski definition) is 2. The summed E-state index contributed by atoms with van der Waals surface area (Å²) in [5, 5.41) is 0. The molecule has 1 fully saturated rings. The van der Waals surface area contributed by atoms with Gasteiger partial charge in [0.1, 0.15) is 0 Å². The lowest BCUT2D eigenvalue weighted by molar-refractivity contribution is 0.0464. The van der Waals surface area contributed by atoms with Gasteiger partial charge in [0.2, 0.25) is 0 Å². The Balaban J connectivity index is 2.16. The van der Waals surface area contributed by atoms with E-state index in [0.717, 1.165) is 24.9 Å². The summed E-state index contributed by atoms with van der Waals surface area (Å²) in [6, 6.07) is 0. The summed E-state index contributed by atoms with van der Waals surface area (Å²) in [5.41, 5.74) is 0.317. The molecule has 1 rings (SSSR count). The third-order valence-electron chi connectivity index (χ3n) is 3.59. The molecule has 0 aromatic carbocycles. The van der Waals surface area contributed by atoms with E-state index in [-0.39, 0.29) is 0 Å². The van der Waals surface area contributed by atoms with Crippen LogP contribution in [0.4, 0.5) is 0 Å². The number of ether oxygens (including phenoxy) is 1. The molecule has 1 aliphatic carbocycles. The molecule has 0 radical (unpaired) electrons. The van der Waals surface area contributed by atoms with E-state index in [9.17, 15) is 0 Å². The smallest absolute Gasteiger partial charge is 0.0507 e. The first-order chi connectivity index (χ1) is 7.04. The topological polar surface area (TPSA) is 9.23 Å². The van der Waals surface area contributed by atoms with Crippen LogP contribution in [-0.4, -0.2) is 19.0 Å². The number of hydrogen-bond donors (Lipinski definition) is 1. The van der Waals surface area contributed by atoms with Crippen molar-refractivity contribution < 1.29 is 4.74 Å². The molecule has 15 heavy (non-hydrogen) atoms. The van der Waals surface area contributed by atoms with Crippen molar-refractivity contribution in [2.75, 3.05) is 19.0 Å². The summed E-state index contributed by atoms with van der Waals surface area (Å²) in [6.07, 6.45) is 5.56. The molecule has 1 aliphatic rings. The van der Waals surface area contributed by atoms with Crippen molar-refractivity contribution >= 4 is 12.6 Å². The van der Waals surface area contributed by atoms with Gasteiger partial charge in [-0.1, -0.05) is 33.6 Å². The molecule has 0 bridgehead atoms. The molecule has 0 spiro atoms. The molecule has 1 nitrogen and oxygen atoms in total. The summed E-state index contributed by atoms with van der Waals surface area (Å²) in [6.45, 7) is 8.66. The average molecular weight is 230 g/mol. The summed E-state index contributed by atoms with van der Waals surface area (Å²) < 4.78 is 5.85. The molecule has 0 amide bonds. The fraction of sp³-hybridized carbons (Fsp3) is 1.00. The average Bonchev–Trinajstić information content (AvgIpc) is 2.62. The zero-order valence-electron chi connectivity index (χ0n) is 10.5. The van der Waals surface area contributed by atoms with Crippen LogP contribution >= 0.6 is 12.6 Å². The SMILES string of the molecule is CC(C)(C)C(CS)COCC1CCCC1. The van der Waals surface area contributed by atoms with Gasteiger partial charge in [0.25, 0.3) is 0 Å². The van der Waals surface area contributed by atoms with Crippen molar-refractivity contribution in [1.29, 1.82) is 0 Å². The van der Waals surface area contributed by atoms with Crippen LogP contribution in [0.5, 0.6) is 0 Å². The monoisotopic (exact) mass is 230 g/mol. The van der Waals surface area contributed by atoms with E-state index < -0.39 is 0 Å². The molecular formula is C13H26OS. The molecule has 1 unspecified atom stereocenters. The second kappa shape index (κ2) is 6.15. The largest absolute Gasteiger partial charge is 0.381 e. The highest BCUT2D eigenvalue weighted by atomic mass is 32.1. The third-order valence-corrected chi connectivity index (χ3v) is 4.03. The standard InChI is InChI=1S/C13H26OS/c1-13(2,3)12(10-15)9-14-8-11-6-4-5-7-11/h11-12,15H,4-10H2,1-3H3. The second-order valence-corrected chi connectivity index (χ2v) is 6.30. The van der Waals surface area contributed by atoms with Gasteiger partial charge in [-0.3, -0.25) is 0 Å². The highest BCUT2D eigenvalue weighted by molar-refractivity contribution is 7.80. The van der Waals surface area contributed by atoms with Gasteiger partial charge in [-0.2, -0.15) is 12.6 Å². The van der Waals surface area contributed by atoms with Gasteiger partial charge in [-0.15, -0.1) is 0 Å². The van der Waals surface area contributed by atoms with Crippen molar-refractivity contribution in [1.82, 2.24) is 0 Å². The highest BCUT2D eigenvalue weighted by Crippen LogP contribution is 2.28. The van der Waals surface area contributed by atoms with E-state index in [4.69, 9.17) is 4.74 Å². The molecule has 0 aromatic rings. The molecule has 90 valence electrons. The fourth-order valence-corrected chi connectivity index (χ4v) is 2.78. The Labute approximate surface area is 100 Å². The lowest BCUT2D eigenvalue weighted by Gasteiger charge is -2.29. The molecule has 0 aromatic heterocycles. The van der Waals surface area contributed by atoms with E-state index in [0.29, 0.717) is 11.3 Å². The van der Waals surface area contributed by atoms with Crippen LogP contribution < -0.4 is 0 Å². The van der Waals surface area contributed by atoms with Crippen LogP contribution in [0, 0.1) is 17.3 Å². The van der Waals surface area contributed by atoms with Crippen LogP contribution in [0.2, 0.25) is 0 Å². The van der Waals surface area contributed by atoms with E-state index in [1.54, 1.807) is 0 Å². The first-order valence-corrected chi connectivity index (χ1v) is 6.86.